The van der Waals surface area contributed by atoms with E-state index in [0.29, 0.717) is 22.4 Å². The second-order valence-electron chi connectivity index (χ2n) is 7.07. The molecule has 0 radical (unpaired) electrons. The van der Waals surface area contributed by atoms with Crippen LogP contribution in [0.3, 0.4) is 0 Å². The Morgan fingerprint density at radius 2 is 2.04 bits per heavy atom. The second-order valence-corrected chi connectivity index (χ2v) is 7.07. The summed E-state index contributed by atoms with van der Waals surface area (Å²) in [6.45, 7) is 6.36. The summed E-state index contributed by atoms with van der Waals surface area (Å²) in [5.41, 5.74) is 2.47. The molecule has 1 atom stereocenters. The number of rotatable bonds is 2. The van der Waals surface area contributed by atoms with Gasteiger partial charge in [0, 0.05) is 12.2 Å². The molecule has 1 fully saturated rings. The summed E-state index contributed by atoms with van der Waals surface area (Å²) in [5, 5.41) is 4.70. The average molecular weight is 353 g/mol. The molecule has 1 amide bonds. The Labute approximate surface area is 152 Å². The minimum absolute atomic E-state index is 0.00671. The van der Waals surface area contributed by atoms with Crippen molar-refractivity contribution in [1.82, 2.24) is 15.0 Å². The molecule has 0 N–H and O–H groups in total. The number of aryl methyl sites for hydroxylation is 3. The Hall–Kier alpha value is -2.63. The molecule has 136 valence electrons. The van der Waals surface area contributed by atoms with Gasteiger partial charge in [-0.25, -0.2) is 4.98 Å². The molecule has 1 saturated heterocycles. The van der Waals surface area contributed by atoms with E-state index < -0.39 is 0 Å². The number of amides is 1. The van der Waals surface area contributed by atoms with E-state index in [1.54, 1.807) is 0 Å². The van der Waals surface area contributed by atoms with Gasteiger partial charge in [-0.1, -0.05) is 18.0 Å². The third-order valence-electron chi connectivity index (χ3n) is 5.08. The molecule has 6 nitrogen and oxygen atoms in total. The average Bonchev–Trinajstić information content (AvgIpc) is 3.11. The Morgan fingerprint density at radius 3 is 2.81 bits per heavy atom. The summed E-state index contributed by atoms with van der Waals surface area (Å²) in [5.74, 6) is 1.73. The van der Waals surface area contributed by atoms with Gasteiger partial charge in [-0.3, -0.25) is 4.79 Å². The largest absolute Gasteiger partial charge is 0.464 e. The maximum Gasteiger partial charge on any atom is 0.258 e. The van der Waals surface area contributed by atoms with Crippen LogP contribution in [0.25, 0.3) is 11.1 Å². The number of hydrogen-bond acceptors (Lipinski definition) is 5. The van der Waals surface area contributed by atoms with Crippen LogP contribution in [0.5, 0.6) is 0 Å². The molecule has 1 aliphatic heterocycles. The first-order valence-electron chi connectivity index (χ1n) is 9.15. The smallest absolute Gasteiger partial charge is 0.258 e. The lowest BCUT2D eigenvalue weighted by Crippen LogP contribution is -2.35. The van der Waals surface area contributed by atoms with Crippen molar-refractivity contribution >= 4 is 17.0 Å². The zero-order valence-electron chi connectivity index (χ0n) is 15.4. The number of carbonyl (C=O) groups is 1. The quantitative estimate of drug-likeness (QED) is 0.678. The molecule has 3 aromatic heterocycles. The predicted octanol–water partition coefficient (Wildman–Crippen LogP) is 4.50. The highest BCUT2D eigenvalue weighted by Gasteiger charge is 2.31. The maximum absolute atomic E-state index is 13.5. The molecule has 3 aromatic rings. The number of fused-ring (bicyclic) bond motifs is 1. The number of hydrogen-bond donors (Lipinski definition) is 0. The van der Waals surface area contributed by atoms with Crippen molar-refractivity contribution in [3.63, 3.8) is 0 Å². The number of nitrogens with zero attached hydrogens (tertiary/aromatic N) is 3. The molecular weight excluding hydrogens is 330 g/mol. The van der Waals surface area contributed by atoms with Crippen molar-refractivity contribution in [2.24, 2.45) is 0 Å². The molecular formula is C20H23N3O3. The molecule has 1 unspecified atom stereocenters. The summed E-state index contributed by atoms with van der Waals surface area (Å²) < 4.78 is 11.2. The van der Waals surface area contributed by atoms with E-state index in [-0.39, 0.29) is 11.9 Å². The minimum Gasteiger partial charge on any atom is -0.464 e. The molecule has 0 bridgehead atoms. The van der Waals surface area contributed by atoms with E-state index in [4.69, 9.17) is 8.94 Å². The van der Waals surface area contributed by atoms with Crippen molar-refractivity contribution in [1.29, 1.82) is 0 Å². The third kappa shape index (κ3) is 2.89. The standard InChI is InChI=1S/C20H23N3O3/c1-12-11-15(18-14(3)22-26-19(18)21-12)20(24)23-10-6-4-5-7-16(23)17-9-8-13(2)25-17/h8-9,11,16H,4-7,10H2,1-3H3. The molecule has 4 heterocycles. The molecule has 0 saturated carbocycles. The van der Waals surface area contributed by atoms with Gasteiger partial charge in [0.2, 0.25) is 0 Å². The fraction of sp³-hybridized carbons (Fsp3) is 0.450. The highest BCUT2D eigenvalue weighted by molar-refractivity contribution is 6.06. The number of furan rings is 1. The Kier molecular flexibility index (Phi) is 4.26. The molecule has 1 aliphatic rings. The first-order valence-corrected chi connectivity index (χ1v) is 9.15. The minimum atomic E-state index is -0.0395. The van der Waals surface area contributed by atoms with Crippen LogP contribution in [0.15, 0.2) is 27.1 Å². The van der Waals surface area contributed by atoms with Crippen LogP contribution in [0.4, 0.5) is 0 Å². The van der Waals surface area contributed by atoms with Crippen molar-refractivity contribution in [3.8, 4) is 0 Å². The zero-order valence-corrected chi connectivity index (χ0v) is 15.4. The van der Waals surface area contributed by atoms with E-state index in [2.05, 4.69) is 10.1 Å². The van der Waals surface area contributed by atoms with Crippen LogP contribution in [0.2, 0.25) is 0 Å². The summed E-state index contributed by atoms with van der Waals surface area (Å²) >= 11 is 0. The lowest BCUT2D eigenvalue weighted by molar-refractivity contribution is 0.0659. The van der Waals surface area contributed by atoms with Crippen LogP contribution in [-0.4, -0.2) is 27.5 Å². The number of carbonyl (C=O) groups excluding carboxylic acids is 1. The molecule has 0 aliphatic carbocycles. The van der Waals surface area contributed by atoms with Gasteiger partial charge in [-0.05, 0) is 51.8 Å². The molecule has 4 rings (SSSR count). The van der Waals surface area contributed by atoms with Gasteiger partial charge < -0.3 is 13.8 Å². The van der Waals surface area contributed by atoms with Gasteiger partial charge in [0.05, 0.1) is 22.7 Å². The summed E-state index contributed by atoms with van der Waals surface area (Å²) in [4.78, 5) is 19.9. The Morgan fingerprint density at radius 1 is 1.19 bits per heavy atom. The third-order valence-corrected chi connectivity index (χ3v) is 5.08. The highest BCUT2D eigenvalue weighted by atomic mass is 16.5. The highest BCUT2D eigenvalue weighted by Crippen LogP contribution is 2.34. The molecule has 6 heteroatoms. The first-order chi connectivity index (χ1) is 12.5. The van der Waals surface area contributed by atoms with E-state index in [1.807, 2.05) is 43.9 Å². The van der Waals surface area contributed by atoms with Gasteiger partial charge in [-0.2, -0.15) is 0 Å². The molecule has 0 spiro atoms. The van der Waals surface area contributed by atoms with Gasteiger partial charge in [0.1, 0.15) is 11.5 Å². The van der Waals surface area contributed by atoms with E-state index in [9.17, 15) is 4.79 Å². The van der Waals surface area contributed by atoms with Gasteiger partial charge >= 0.3 is 0 Å². The number of aromatic nitrogens is 2. The van der Waals surface area contributed by atoms with E-state index in [1.165, 1.54) is 0 Å². The normalized spacial score (nSPS) is 18.3. The van der Waals surface area contributed by atoms with Crippen LogP contribution in [0, 0.1) is 20.8 Å². The van der Waals surface area contributed by atoms with Gasteiger partial charge in [0.25, 0.3) is 11.6 Å². The van der Waals surface area contributed by atoms with Gasteiger partial charge in [0.15, 0.2) is 0 Å². The lowest BCUT2D eigenvalue weighted by Gasteiger charge is -2.29. The Bertz CT molecular complexity index is 957. The first kappa shape index (κ1) is 16.8. The number of likely N-dealkylation sites (tertiary alicyclic amines) is 1. The second kappa shape index (κ2) is 6.59. The van der Waals surface area contributed by atoms with Crippen molar-refractivity contribution in [3.05, 3.63) is 46.7 Å². The Balaban J connectivity index is 1.79. The fourth-order valence-electron chi connectivity index (χ4n) is 3.82. The maximum atomic E-state index is 13.5. The SMILES string of the molecule is Cc1cc(C(=O)N2CCCCCC2c2ccc(C)o2)c2c(C)noc2n1. The monoisotopic (exact) mass is 353 g/mol. The summed E-state index contributed by atoms with van der Waals surface area (Å²) in [6, 6.07) is 5.75. The summed E-state index contributed by atoms with van der Waals surface area (Å²) in [7, 11) is 0. The molecule has 26 heavy (non-hydrogen) atoms. The zero-order chi connectivity index (χ0) is 18.3. The van der Waals surface area contributed by atoms with Crippen molar-refractivity contribution in [2.45, 2.75) is 52.5 Å². The van der Waals surface area contributed by atoms with Crippen LogP contribution >= 0.6 is 0 Å². The van der Waals surface area contributed by atoms with E-state index in [0.717, 1.165) is 49.4 Å². The van der Waals surface area contributed by atoms with Gasteiger partial charge in [-0.15, -0.1) is 0 Å². The van der Waals surface area contributed by atoms with Crippen LogP contribution in [0.1, 0.15) is 65.0 Å². The van der Waals surface area contributed by atoms with Crippen molar-refractivity contribution < 1.29 is 13.7 Å². The van der Waals surface area contributed by atoms with Crippen molar-refractivity contribution in [2.75, 3.05) is 6.54 Å². The summed E-state index contributed by atoms with van der Waals surface area (Å²) in [6.07, 6.45) is 4.12. The fourth-order valence-corrected chi connectivity index (χ4v) is 3.82. The predicted molar refractivity (Wildman–Crippen MR) is 97.0 cm³/mol. The lowest BCUT2D eigenvalue weighted by atomic mass is 10.0. The topological polar surface area (TPSA) is 72.4 Å². The van der Waals surface area contributed by atoms with Crippen LogP contribution in [-0.2, 0) is 0 Å². The molecule has 0 aromatic carbocycles. The van der Waals surface area contributed by atoms with E-state index >= 15 is 0 Å². The number of pyridine rings is 1. The van der Waals surface area contributed by atoms with Crippen LogP contribution < -0.4 is 0 Å².